The quantitative estimate of drug-likeness (QED) is 0.0352. The maximum absolute atomic E-state index is 12.7. The molecule has 0 bridgehead atoms. The molecule has 0 aromatic rings. The van der Waals surface area contributed by atoms with Crippen molar-refractivity contribution in [3.8, 4) is 0 Å². The van der Waals surface area contributed by atoms with Crippen LogP contribution in [0.25, 0.3) is 0 Å². The molecule has 378 valence electrons. The summed E-state index contributed by atoms with van der Waals surface area (Å²) in [6, 6.07) is 0. The lowest BCUT2D eigenvalue weighted by Crippen LogP contribution is -2.28. The number of nitrogens with two attached hydrogens (primary N) is 1. The molecule has 0 aromatic heterocycles. The molecular formula is C54H110NO7P. The minimum absolute atomic E-state index is 0.0896. The topological polar surface area (TPSA) is 117 Å². The molecule has 0 aliphatic carbocycles. The van der Waals surface area contributed by atoms with Gasteiger partial charge in [0, 0.05) is 19.6 Å². The van der Waals surface area contributed by atoms with E-state index in [9.17, 15) is 14.3 Å². The largest absolute Gasteiger partial charge is 0.472 e. The van der Waals surface area contributed by atoms with E-state index in [1.54, 1.807) is 0 Å². The van der Waals surface area contributed by atoms with Crippen LogP contribution in [0.3, 0.4) is 0 Å². The molecule has 1 unspecified atom stereocenters. The van der Waals surface area contributed by atoms with Crippen molar-refractivity contribution in [1.29, 1.82) is 0 Å². The number of phosphoric acid groups is 1. The number of esters is 1. The van der Waals surface area contributed by atoms with E-state index < -0.39 is 13.9 Å². The molecule has 0 aliphatic heterocycles. The monoisotopic (exact) mass is 916 g/mol. The first kappa shape index (κ1) is 62.5. The van der Waals surface area contributed by atoms with Crippen molar-refractivity contribution in [3.63, 3.8) is 0 Å². The zero-order chi connectivity index (χ0) is 45.8. The molecular weight excluding hydrogens is 806 g/mol. The first-order chi connectivity index (χ1) is 30.9. The van der Waals surface area contributed by atoms with Gasteiger partial charge in [0.15, 0.2) is 0 Å². The van der Waals surface area contributed by atoms with Gasteiger partial charge in [-0.15, -0.1) is 0 Å². The Morgan fingerprint density at radius 1 is 0.413 bits per heavy atom. The van der Waals surface area contributed by atoms with Gasteiger partial charge in [-0.25, -0.2) is 4.57 Å². The van der Waals surface area contributed by atoms with Gasteiger partial charge in [0.2, 0.25) is 0 Å². The van der Waals surface area contributed by atoms with E-state index >= 15 is 0 Å². The maximum atomic E-state index is 12.7. The van der Waals surface area contributed by atoms with Gasteiger partial charge < -0.3 is 20.1 Å². The van der Waals surface area contributed by atoms with E-state index in [0.29, 0.717) is 13.0 Å². The van der Waals surface area contributed by atoms with Crippen LogP contribution in [-0.4, -0.2) is 49.9 Å². The Morgan fingerprint density at radius 3 is 1.00 bits per heavy atom. The SMILES string of the molecule is CCCCCCCCCCCCCCCCCCCCCCCCCCCCC(=O)O[C@H](COCCCCCCCCCCCCCCCCCCCC)COP(=O)(O)OCCN. The number of hydrogen-bond acceptors (Lipinski definition) is 7. The van der Waals surface area contributed by atoms with Gasteiger partial charge in [-0.3, -0.25) is 13.8 Å². The van der Waals surface area contributed by atoms with E-state index in [0.717, 1.165) is 32.1 Å². The second-order valence-corrected chi connectivity index (χ2v) is 20.6. The molecule has 0 amide bonds. The zero-order valence-electron chi connectivity index (χ0n) is 42.4. The minimum Gasteiger partial charge on any atom is -0.457 e. The molecule has 0 aromatic carbocycles. The first-order valence-corrected chi connectivity index (χ1v) is 29.5. The van der Waals surface area contributed by atoms with Crippen molar-refractivity contribution in [1.82, 2.24) is 0 Å². The Kier molecular flexibility index (Phi) is 52.1. The Balaban J connectivity index is 3.81. The van der Waals surface area contributed by atoms with Crippen LogP contribution < -0.4 is 5.73 Å². The lowest BCUT2D eigenvalue weighted by molar-refractivity contribution is -0.154. The number of carbonyl (C=O) groups is 1. The van der Waals surface area contributed by atoms with Crippen LogP contribution in [0, 0.1) is 0 Å². The Morgan fingerprint density at radius 2 is 0.698 bits per heavy atom. The average molecular weight is 916 g/mol. The second-order valence-electron chi connectivity index (χ2n) is 19.2. The molecule has 0 aliphatic rings. The molecule has 0 fully saturated rings. The summed E-state index contributed by atoms with van der Waals surface area (Å²) in [6.45, 7) is 5.02. The molecule has 0 saturated carbocycles. The number of rotatable bonds is 55. The lowest BCUT2D eigenvalue weighted by Gasteiger charge is -2.20. The fourth-order valence-electron chi connectivity index (χ4n) is 8.65. The summed E-state index contributed by atoms with van der Waals surface area (Å²) in [5.74, 6) is -0.319. The summed E-state index contributed by atoms with van der Waals surface area (Å²) in [5.41, 5.74) is 5.40. The Hall–Kier alpha value is -0.500. The van der Waals surface area contributed by atoms with Crippen molar-refractivity contribution in [2.45, 2.75) is 309 Å². The molecule has 8 nitrogen and oxygen atoms in total. The van der Waals surface area contributed by atoms with E-state index in [1.165, 1.54) is 250 Å². The van der Waals surface area contributed by atoms with E-state index in [-0.39, 0.29) is 32.3 Å². The van der Waals surface area contributed by atoms with Gasteiger partial charge in [0.1, 0.15) is 6.10 Å². The predicted molar refractivity (Wildman–Crippen MR) is 271 cm³/mol. The van der Waals surface area contributed by atoms with Crippen LogP contribution >= 0.6 is 7.82 Å². The third kappa shape index (κ3) is 52.3. The fraction of sp³-hybridized carbons (Fsp3) is 0.981. The molecule has 63 heavy (non-hydrogen) atoms. The molecule has 0 heterocycles. The zero-order valence-corrected chi connectivity index (χ0v) is 43.2. The molecule has 9 heteroatoms. The van der Waals surface area contributed by atoms with Crippen molar-refractivity contribution >= 4 is 13.8 Å². The Bertz CT molecular complexity index is 940. The lowest BCUT2D eigenvalue weighted by atomic mass is 10.0. The van der Waals surface area contributed by atoms with Crippen molar-refractivity contribution in [2.24, 2.45) is 5.73 Å². The molecule has 2 atom stereocenters. The van der Waals surface area contributed by atoms with Crippen LogP contribution in [0.5, 0.6) is 0 Å². The standard InChI is InChI=1S/C54H110NO7P/c1-3-5-7-9-11-13-15-17-19-21-23-24-25-26-27-28-29-30-31-33-35-37-39-41-43-45-47-54(56)62-53(52-61-63(57,58)60-50-48-55)51-59-49-46-44-42-40-38-36-34-32-22-20-18-16-14-12-10-8-6-4-2/h53H,3-52,55H2,1-2H3,(H,57,58)/t53-/m1/s1. The highest BCUT2D eigenvalue weighted by Crippen LogP contribution is 2.43. The first-order valence-electron chi connectivity index (χ1n) is 28.0. The molecule has 0 saturated heterocycles. The van der Waals surface area contributed by atoms with Gasteiger partial charge >= 0.3 is 13.8 Å². The second kappa shape index (κ2) is 52.5. The van der Waals surface area contributed by atoms with E-state index in [4.69, 9.17) is 24.3 Å². The van der Waals surface area contributed by atoms with Crippen LogP contribution in [0.15, 0.2) is 0 Å². The molecule has 0 spiro atoms. The van der Waals surface area contributed by atoms with Gasteiger partial charge in [-0.2, -0.15) is 0 Å². The summed E-state index contributed by atoms with van der Waals surface area (Å²) < 4.78 is 33.7. The van der Waals surface area contributed by atoms with Gasteiger partial charge in [0.05, 0.1) is 19.8 Å². The molecule has 0 radical (unpaired) electrons. The number of ether oxygens (including phenoxy) is 2. The fourth-order valence-corrected chi connectivity index (χ4v) is 9.41. The van der Waals surface area contributed by atoms with Gasteiger partial charge in [0.25, 0.3) is 0 Å². The average Bonchev–Trinajstić information content (AvgIpc) is 3.28. The van der Waals surface area contributed by atoms with Gasteiger partial charge in [-0.05, 0) is 12.8 Å². The van der Waals surface area contributed by atoms with Crippen LogP contribution in [-0.2, 0) is 27.9 Å². The summed E-state index contributed by atoms with van der Waals surface area (Å²) in [4.78, 5) is 22.6. The third-order valence-corrected chi connectivity index (χ3v) is 13.8. The summed E-state index contributed by atoms with van der Waals surface area (Å²) in [6.07, 6.45) is 58.7. The number of phosphoric ester groups is 1. The highest BCUT2D eigenvalue weighted by atomic mass is 31.2. The number of carbonyl (C=O) groups excluding carboxylic acids is 1. The summed E-state index contributed by atoms with van der Waals surface area (Å²) >= 11 is 0. The predicted octanol–water partition coefficient (Wildman–Crippen LogP) is 17.6. The van der Waals surface area contributed by atoms with Crippen LogP contribution in [0.4, 0.5) is 0 Å². The molecule has 3 N–H and O–H groups in total. The number of hydrogen-bond donors (Lipinski definition) is 2. The van der Waals surface area contributed by atoms with Crippen molar-refractivity contribution < 1.29 is 32.8 Å². The molecule has 0 rings (SSSR count). The van der Waals surface area contributed by atoms with Gasteiger partial charge in [-0.1, -0.05) is 284 Å². The highest BCUT2D eigenvalue weighted by molar-refractivity contribution is 7.47. The summed E-state index contributed by atoms with van der Waals surface area (Å²) in [7, 11) is -4.28. The minimum atomic E-state index is -4.28. The highest BCUT2D eigenvalue weighted by Gasteiger charge is 2.25. The Labute approximate surface area is 392 Å². The van der Waals surface area contributed by atoms with Crippen LogP contribution in [0.1, 0.15) is 303 Å². The van der Waals surface area contributed by atoms with Crippen LogP contribution in [0.2, 0.25) is 0 Å². The van der Waals surface area contributed by atoms with E-state index in [2.05, 4.69) is 13.8 Å². The van der Waals surface area contributed by atoms with E-state index in [1.807, 2.05) is 0 Å². The summed E-state index contributed by atoms with van der Waals surface area (Å²) in [5, 5.41) is 0. The normalized spacial score (nSPS) is 13.1. The third-order valence-electron chi connectivity index (χ3n) is 12.8. The van der Waals surface area contributed by atoms with Crippen molar-refractivity contribution in [3.05, 3.63) is 0 Å². The number of unbranched alkanes of at least 4 members (excludes halogenated alkanes) is 42. The van der Waals surface area contributed by atoms with Crippen molar-refractivity contribution in [2.75, 3.05) is 33.0 Å². The smallest absolute Gasteiger partial charge is 0.457 e. The maximum Gasteiger partial charge on any atom is 0.472 e.